The molecule has 2 aromatic rings. The molecule has 1 aromatic carbocycles. The molecule has 0 radical (unpaired) electrons. The number of rotatable bonds is 6. The summed E-state index contributed by atoms with van der Waals surface area (Å²) in [6.07, 6.45) is 7.73. The average Bonchev–Trinajstić information content (AvgIpc) is 2.69. The maximum absolute atomic E-state index is 12.3. The van der Waals surface area contributed by atoms with E-state index in [9.17, 15) is 14.7 Å². The minimum atomic E-state index is -1.58. The van der Waals surface area contributed by atoms with Gasteiger partial charge in [0.25, 0.3) is 5.91 Å². The minimum absolute atomic E-state index is 0.290. The van der Waals surface area contributed by atoms with Gasteiger partial charge in [-0.25, -0.2) is 0 Å². The molecule has 5 nitrogen and oxygen atoms in total. The fraction of sp³-hybridized carbons (Fsp3) is 0.350. The van der Waals surface area contributed by atoms with Gasteiger partial charge in [-0.15, -0.1) is 11.8 Å². The smallest absolute Gasteiger partial charge is 0.255 e. The predicted molar refractivity (Wildman–Crippen MR) is 101 cm³/mol. The molecule has 1 atom stereocenters. The summed E-state index contributed by atoms with van der Waals surface area (Å²) in [7, 11) is 0. The number of hydrogen-bond acceptors (Lipinski definition) is 5. The first-order chi connectivity index (χ1) is 12.6. The Bertz CT molecular complexity index is 743. The van der Waals surface area contributed by atoms with Gasteiger partial charge < -0.3 is 10.4 Å². The molecule has 1 amide bonds. The van der Waals surface area contributed by atoms with E-state index < -0.39 is 17.9 Å². The molecule has 3 rings (SSSR count). The van der Waals surface area contributed by atoms with Crippen LogP contribution in [0.15, 0.2) is 53.7 Å². The van der Waals surface area contributed by atoms with E-state index in [-0.39, 0.29) is 0 Å². The highest BCUT2D eigenvalue weighted by molar-refractivity contribution is 8.00. The van der Waals surface area contributed by atoms with E-state index in [2.05, 4.69) is 10.3 Å². The minimum Gasteiger partial charge on any atom is -0.367 e. The molecule has 0 bridgehead atoms. The number of ketones is 1. The Morgan fingerprint density at radius 2 is 1.81 bits per heavy atom. The molecule has 6 heteroatoms. The van der Waals surface area contributed by atoms with E-state index in [4.69, 9.17) is 0 Å². The third-order valence-corrected chi connectivity index (χ3v) is 5.78. The number of amides is 1. The fourth-order valence-electron chi connectivity index (χ4n) is 3.00. The lowest BCUT2D eigenvalue weighted by atomic mass is 10.0. The topological polar surface area (TPSA) is 79.3 Å². The highest BCUT2D eigenvalue weighted by Gasteiger charge is 2.20. The molecule has 1 aliphatic rings. The second-order valence-electron chi connectivity index (χ2n) is 6.38. The van der Waals surface area contributed by atoms with Crippen LogP contribution >= 0.6 is 11.8 Å². The summed E-state index contributed by atoms with van der Waals surface area (Å²) in [5.41, 5.74) is 0.663. The van der Waals surface area contributed by atoms with Crippen molar-refractivity contribution in [1.29, 1.82) is 0 Å². The van der Waals surface area contributed by atoms with Gasteiger partial charge in [-0.3, -0.25) is 14.6 Å². The molecular formula is C20H22N2O3S. The molecular weight excluding hydrogens is 348 g/mol. The standard InChI is InChI=1S/C20H22N2O3S/c23-18(20(25)22-19(24)15-5-4-12-21-13-15)14-8-10-17(11-9-14)26-16-6-2-1-3-7-16/h4-5,8-13,16,20,25H,1-3,6-7H2,(H,22,24). The van der Waals surface area contributed by atoms with Crippen molar-refractivity contribution in [3.05, 3.63) is 59.9 Å². The largest absolute Gasteiger partial charge is 0.367 e. The van der Waals surface area contributed by atoms with Gasteiger partial charge in [-0.1, -0.05) is 31.4 Å². The average molecular weight is 370 g/mol. The van der Waals surface area contributed by atoms with Gasteiger partial charge in [0.15, 0.2) is 6.23 Å². The van der Waals surface area contributed by atoms with E-state index in [1.807, 2.05) is 23.9 Å². The summed E-state index contributed by atoms with van der Waals surface area (Å²) in [6.45, 7) is 0. The van der Waals surface area contributed by atoms with Crippen LogP contribution in [0.2, 0.25) is 0 Å². The number of hydrogen-bond donors (Lipinski definition) is 2. The van der Waals surface area contributed by atoms with Gasteiger partial charge in [0.1, 0.15) is 0 Å². The summed E-state index contributed by atoms with van der Waals surface area (Å²) in [5.74, 6) is -1.07. The van der Waals surface area contributed by atoms with Gasteiger partial charge in [0.05, 0.1) is 5.56 Å². The van der Waals surface area contributed by atoms with E-state index in [1.165, 1.54) is 38.3 Å². The molecule has 1 heterocycles. The van der Waals surface area contributed by atoms with E-state index in [0.717, 1.165) is 4.90 Å². The molecule has 0 saturated heterocycles. The van der Waals surface area contributed by atoms with Crippen molar-refractivity contribution in [2.45, 2.75) is 48.5 Å². The second kappa shape index (κ2) is 8.96. The molecule has 0 aliphatic heterocycles. The Morgan fingerprint density at radius 3 is 2.46 bits per heavy atom. The predicted octanol–water partition coefficient (Wildman–Crippen LogP) is 3.44. The number of nitrogens with zero attached hydrogens (tertiary/aromatic N) is 1. The normalized spacial score (nSPS) is 16.0. The molecule has 1 aliphatic carbocycles. The number of Topliss-reactive ketones (excluding diaryl/α,β-unsaturated/α-hetero) is 1. The van der Waals surface area contributed by atoms with Gasteiger partial charge in [0.2, 0.25) is 5.78 Å². The summed E-state index contributed by atoms with van der Waals surface area (Å²) in [4.78, 5) is 29.3. The Balaban J connectivity index is 1.57. The number of thioether (sulfide) groups is 1. The highest BCUT2D eigenvalue weighted by atomic mass is 32.2. The summed E-state index contributed by atoms with van der Waals surface area (Å²) in [6, 6.07) is 10.4. The zero-order chi connectivity index (χ0) is 18.4. The van der Waals surface area contributed by atoms with Crippen molar-refractivity contribution in [2.24, 2.45) is 0 Å². The maximum Gasteiger partial charge on any atom is 0.255 e. The lowest BCUT2D eigenvalue weighted by molar-refractivity contribution is 0.0607. The van der Waals surface area contributed by atoms with E-state index in [0.29, 0.717) is 16.4 Å². The Hall–Kier alpha value is -2.18. The van der Waals surface area contributed by atoms with Crippen LogP contribution in [0, 0.1) is 0 Å². The second-order valence-corrected chi connectivity index (χ2v) is 7.76. The van der Waals surface area contributed by atoms with Crippen LogP contribution in [0.4, 0.5) is 0 Å². The first-order valence-corrected chi connectivity index (χ1v) is 9.71. The van der Waals surface area contributed by atoms with Crippen molar-refractivity contribution in [3.63, 3.8) is 0 Å². The first kappa shape index (κ1) is 18.6. The number of nitrogens with one attached hydrogen (secondary N) is 1. The number of aromatic nitrogens is 1. The SMILES string of the molecule is O=C(NC(O)C(=O)c1ccc(SC2CCCCC2)cc1)c1cccnc1. The quantitative estimate of drug-likeness (QED) is 0.601. The summed E-state index contributed by atoms with van der Waals surface area (Å²) in [5, 5.41) is 13.0. The summed E-state index contributed by atoms with van der Waals surface area (Å²) >= 11 is 1.85. The lowest BCUT2D eigenvalue weighted by Gasteiger charge is -2.21. The monoisotopic (exact) mass is 370 g/mol. The number of aliphatic hydroxyl groups excluding tert-OH is 1. The Morgan fingerprint density at radius 1 is 1.08 bits per heavy atom. The van der Waals surface area contributed by atoms with Gasteiger partial charge >= 0.3 is 0 Å². The van der Waals surface area contributed by atoms with Crippen LogP contribution in [0.3, 0.4) is 0 Å². The van der Waals surface area contributed by atoms with E-state index in [1.54, 1.807) is 30.5 Å². The van der Waals surface area contributed by atoms with E-state index >= 15 is 0 Å². The van der Waals surface area contributed by atoms with Crippen LogP contribution in [0.25, 0.3) is 0 Å². The number of carbonyl (C=O) groups excluding carboxylic acids is 2. The molecule has 136 valence electrons. The molecule has 1 aromatic heterocycles. The molecule has 2 N–H and O–H groups in total. The van der Waals surface area contributed by atoms with Crippen LogP contribution in [-0.2, 0) is 0 Å². The highest BCUT2D eigenvalue weighted by Crippen LogP contribution is 2.33. The van der Waals surface area contributed by atoms with Crippen LogP contribution in [0.5, 0.6) is 0 Å². The fourth-order valence-corrected chi connectivity index (χ4v) is 4.25. The van der Waals surface area contributed by atoms with Crippen molar-refractivity contribution in [2.75, 3.05) is 0 Å². The van der Waals surface area contributed by atoms with Gasteiger partial charge in [-0.05, 0) is 37.1 Å². The molecule has 0 spiro atoms. The lowest BCUT2D eigenvalue weighted by Crippen LogP contribution is -2.40. The third kappa shape index (κ3) is 4.93. The van der Waals surface area contributed by atoms with Crippen LogP contribution in [-0.4, -0.2) is 33.3 Å². The van der Waals surface area contributed by atoms with Gasteiger partial charge in [0, 0.05) is 28.1 Å². The van der Waals surface area contributed by atoms with Gasteiger partial charge in [-0.2, -0.15) is 0 Å². The van der Waals surface area contributed by atoms with Crippen LogP contribution < -0.4 is 5.32 Å². The molecule has 1 saturated carbocycles. The first-order valence-electron chi connectivity index (χ1n) is 8.83. The molecule has 1 fully saturated rings. The van der Waals surface area contributed by atoms with Crippen molar-refractivity contribution < 1.29 is 14.7 Å². The van der Waals surface area contributed by atoms with Crippen LogP contribution in [0.1, 0.15) is 52.8 Å². The zero-order valence-corrected chi connectivity index (χ0v) is 15.2. The third-order valence-electron chi connectivity index (χ3n) is 4.43. The zero-order valence-electron chi connectivity index (χ0n) is 14.4. The number of carbonyl (C=O) groups is 2. The van der Waals surface area contributed by atoms with Crippen molar-refractivity contribution >= 4 is 23.5 Å². The molecule has 26 heavy (non-hydrogen) atoms. The molecule has 1 unspecified atom stereocenters. The van der Waals surface area contributed by atoms with Crippen molar-refractivity contribution in [3.8, 4) is 0 Å². The Labute approximate surface area is 157 Å². The number of aliphatic hydroxyl groups is 1. The number of pyridine rings is 1. The maximum atomic E-state index is 12.3. The summed E-state index contributed by atoms with van der Waals surface area (Å²) < 4.78 is 0. The number of benzene rings is 1. The Kier molecular flexibility index (Phi) is 6.41. The van der Waals surface area contributed by atoms with Crippen molar-refractivity contribution in [1.82, 2.24) is 10.3 Å².